The second-order valence-corrected chi connectivity index (χ2v) is 8.09. The minimum Gasteiger partial charge on any atom is -0.395 e. The number of aliphatic hydroxyl groups excluding tert-OH is 1. The van der Waals surface area contributed by atoms with E-state index in [2.05, 4.69) is 20.2 Å². The lowest BCUT2D eigenvalue weighted by Gasteiger charge is -2.34. The molecule has 1 saturated heterocycles. The predicted molar refractivity (Wildman–Crippen MR) is 114 cm³/mol. The Kier molecular flexibility index (Phi) is 5.75. The highest BCUT2D eigenvalue weighted by Gasteiger charge is 2.30. The van der Waals surface area contributed by atoms with Crippen molar-refractivity contribution in [2.24, 2.45) is 0 Å². The minimum atomic E-state index is -0.245. The average Bonchev–Trinajstić information content (AvgIpc) is 3.11. The molecular weight excluding hydrogens is 388 g/mol. The van der Waals surface area contributed by atoms with Crippen molar-refractivity contribution < 1.29 is 14.6 Å². The van der Waals surface area contributed by atoms with Crippen molar-refractivity contribution in [2.75, 3.05) is 37.7 Å². The van der Waals surface area contributed by atoms with Gasteiger partial charge < -0.3 is 20.1 Å². The first-order valence-corrected chi connectivity index (χ1v) is 10.5. The first-order chi connectivity index (χ1) is 14.1. The van der Waals surface area contributed by atoms with E-state index in [0.29, 0.717) is 18.0 Å². The van der Waals surface area contributed by atoms with Crippen molar-refractivity contribution in [3.05, 3.63) is 52.3 Å². The molecule has 1 aromatic carbocycles. The number of hydrogen-bond donors (Lipinski definition) is 2. The van der Waals surface area contributed by atoms with Crippen LogP contribution >= 0.6 is 11.3 Å². The Labute approximate surface area is 173 Å². The molecule has 1 aliphatic rings. The number of carbonyl (C=O) groups excluding carboxylic acids is 1. The molecule has 3 aromatic rings. The van der Waals surface area contributed by atoms with E-state index in [1.807, 2.05) is 44.2 Å². The molecule has 3 heterocycles. The number of fused-ring (bicyclic) bond motifs is 1. The maximum Gasteiger partial charge on any atom is 0.261 e. The van der Waals surface area contributed by atoms with E-state index < -0.39 is 0 Å². The molecule has 0 saturated carbocycles. The Hall–Kier alpha value is -2.55. The van der Waals surface area contributed by atoms with Crippen molar-refractivity contribution >= 4 is 33.1 Å². The molecule has 1 aliphatic heterocycles. The molecule has 0 spiro atoms. The first-order valence-electron chi connectivity index (χ1n) is 9.66. The minimum absolute atomic E-state index is 0.0912. The van der Waals surface area contributed by atoms with Gasteiger partial charge in [0, 0.05) is 41.7 Å². The summed E-state index contributed by atoms with van der Waals surface area (Å²) in [7, 11) is 0. The normalized spacial score (nSPS) is 16.9. The highest BCUT2D eigenvalue weighted by molar-refractivity contribution is 7.21. The molecule has 1 fully saturated rings. The molecule has 7 nitrogen and oxygen atoms in total. The molecule has 4 rings (SSSR count). The van der Waals surface area contributed by atoms with Crippen LogP contribution in [0.5, 0.6) is 0 Å². The molecule has 0 radical (unpaired) electrons. The van der Waals surface area contributed by atoms with Crippen LogP contribution in [-0.2, 0) is 4.74 Å². The van der Waals surface area contributed by atoms with Gasteiger partial charge in [0.25, 0.3) is 5.91 Å². The van der Waals surface area contributed by atoms with E-state index in [0.717, 1.165) is 39.5 Å². The molecule has 2 N–H and O–H groups in total. The summed E-state index contributed by atoms with van der Waals surface area (Å²) in [5.74, 6) is 1.45. The third-order valence-electron chi connectivity index (χ3n) is 4.90. The van der Waals surface area contributed by atoms with Crippen molar-refractivity contribution in [3.8, 4) is 0 Å². The van der Waals surface area contributed by atoms with Gasteiger partial charge in [-0.1, -0.05) is 18.2 Å². The predicted octanol–water partition coefficient (Wildman–Crippen LogP) is 2.61. The van der Waals surface area contributed by atoms with Gasteiger partial charge in [0.1, 0.15) is 17.7 Å². The number of amides is 1. The van der Waals surface area contributed by atoms with Crippen molar-refractivity contribution in [2.45, 2.75) is 20.0 Å². The van der Waals surface area contributed by atoms with Crippen LogP contribution in [0.2, 0.25) is 0 Å². The van der Waals surface area contributed by atoms with E-state index in [-0.39, 0.29) is 25.2 Å². The summed E-state index contributed by atoms with van der Waals surface area (Å²) in [6.45, 7) is 5.89. The summed E-state index contributed by atoms with van der Waals surface area (Å²) in [6.07, 6.45) is -0.245. The number of ether oxygens (including phenoxy) is 1. The Morgan fingerprint density at radius 2 is 2.17 bits per heavy atom. The molecule has 0 bridgehead atoms. The monoisotopic (exact) mass is 412 g/mol. The molecule has 152 valence electrons. The van der Waals surface area contributed by atoms with Gasteiger partial charge in [0.15, 0.2) is 0 Å². The number of nitrogens with one attached hydrogen (secondary N) is 1. The zero-order valence-electron chi connectivity index (χ0n) is 16.5. The lowest BCUT2D eigenvalue weighted by Crippen LogP contribution is -2.39. The SMILES string of the molecule is Cc1cc(N2CCOC(c3c(C(=O)NCCO)sc4ccccc34)C2)nc(C)n1. The highest BCUT2D eigenvalue weighted by Crippen LogP contribution is 2.38. The molecule has 1 unspecified atom stereocenters. The quantitative estimate of drug-likeness (QED) is 0.670. The third-order valence-corrected chi connectivity index (χ3v) is 6.09. The third kappa shape index (κ3) is 4.10. The number of thiophene rings is 1. The largest absolute Gasteiger partial charge is 0.395 e. The Bertz CT molecular complexity index is 1020. The van der Waals surface area contributed by atoms with E-state index >= 15 is 0 Å². The standard InChI is InChI=1S/C21H24N4O3S/c1-13-11-18(24-14(2)23-13)25-8-10-28-16(12-25)19-15-5-3-4-6-17(15)29-20(19)21(27)22-7-9-26/h3-6,11,16,26H,7-10,12H2,1-2H3,(H,22,27). The maximum atomic E-state index is 12.8. The summed E-state index contributed by atoms with van der Waals surface area (Å²) in [5.41, 5.74) is 1.84. The van der Waals surface area contributed by atoms with Crippen LogP contribution in [0.4, 0.5) is 5.82 Å². The van der Waals surface area contributed by atoms with Gasteiger partial charge >= 0.3 is 0 Å². The number of aromatic nitrogens is 2. The fourth-order valence-corrected chi connectivity index (χ4v) is 4.87. The lowest BCUT2D eigenvalue weighted by atomic mass is 10.0. The van der Waals surface area contributed by atoms with Crippen LogP contribution in [0, 0.1) is 13.8 Å². The number of anilines is 1. The number of nitrogens with zero attached hydrogens (tertiary/aromatic N) is 3. The average molecular weight is 413 g/mol. The van der Waals surface area contributed by atoms with Crippen LogP contribution < -0.4 is 10.2 Å². The summed E-state index contributed by atoms with van der Waals surface area (Å²) >= 11 is 1.46. The molecule has 8 heteroatoms. The molecule has 29 heavy (non-hydrogen) atoms. The van der Waals surface area contributed by atoms with Gasteiger partial charge in [-0.25, -0.2) is 9.97 Å². The van der Waals surface area contributed by atoms with Gasteiger partial charge in [-0.3, -0.25) is 4.79 Å². The van der Waals surface area contributed by atoms with E-state index in [1.54, 1.807) is 0 Å². The lowest BCUT2D eigenvalue weighted by molar-refractivity contribution is 0.0399. The number of aryl methyl sites for hydroxylation is 2. The fourth-order valence-electron chi connectivity index (χ4n) is 3.69. The van der Waals surface area contributed by atoms with Crippen LogP contribution in [-0.4, -0.2) is 53.8 Å². The first kappa shape index (κ1) is 19.8. The highest BCUT2D eigenvalue weighted by atomic mass is 32.1. The molecule has 0 aliphatic carbocycles. The number of morpholine rings is 1. The van der Waals surface area contributed by atoms with Gasteiger partial charge in [-0.2, -0.15) is 0 Å². The van der Waals surface area contributed by atoms with Crippen molar-refractivity contribution in [3.63, 3.8) is 0 Å². The fraction of sp³-hybridized carbons (Fsp3) is 0.381. The molecule has 1 atom stereocenters. The summed E-state index contributed by atoms with van der Waals surface area (Å²) in [6, 6.07) is 9.98. The summed E-state index contributed by atoms with van der Waals surface area (Å²) in [5, 5.41) is 12.9. The second kappa shape index (κ2) is 8.44. The van der Waals surface area contributed by atoms with Crippen molar-refractivity contribution in [1.29, 1.82) is 0 Å². The van der Waals surface area contributed by atoms with Gasteiger partial charge in [-0.15, -0.1) is 11.3 Å². The summed E-state index contributed by atoms with van der Waals surface area (Å²) in [4.78, 5) is 24.6. The van der Waals surface area contributed by atoms with Gasteiger partial charge in [0.2, 0.25) is 0 Å². The van der Waals surface area contributed by atoms with Gasteiger partial charge in [0.05, 0.1) is 18.1 Å². The van der Waals surface area contributed by atoms with Gasteiger partial charge in [-0.05, 0) is 25.3 Å². The number of rotatable bonds is 5. The van der Waals surface area contributed by atoms with Crippen LogP contribution in [0.1, 0.15) is 32.9 Å². The topological polar surface area (TPSA) is 87.6 Å². The van der Waals surface area contributed by atoms with E-state index in [9.17, 15) is 4.79 Å². The zero-order chi connectivity index (χ0) is 20.4. The van der Waals surface area contributed by atoms with Crippen LogP contribution in [0.3, 0.4) is 0 Å². The number of benzene rings is 1. The summed E-state index contributed by atoms with van der Waals surface area (Å²) < 4.78 is 7.18. The zero-order valence-corrected chi connectivity index (χ0v) is 17.3. The Morgan fingerprint density at radius 3 is 2.97 bits per heavy atom. The van der Waals surface area contributed by atoms with Crippen LogP contribution in [0.25, 0.3) is 10.1 Å². The van der Waals surface area contributed by atoms with Crippen molar-refractivity contribution in [1.82, 2.24) is 15.3 Å². The number of hydrogen-bond acceptors (Lipinski definition) is 7. The number of aliphatic hydroxyl groups is 1. The molecular formula is C21H24N4O3S. The Morgan fingerprint density at radius 1 is 1.34 bits per heavy atom. The van der Waals surface area contributed by atoms with Crippen LogP contribution in [0.15, 0.2) is 30.3 Å². The smallest absolute Gasteiger partial charge is 0.261 e. The van der Waals surface area contributed by atoms with E-state index in [1.165, 1.54) is 11.3 Å². The maximum absolute atomic E-state index is 12.8. The molecule has 2 aromatic heterocycles. The number of carbonyl (C=O) groups is 1. The van der Waals surface area contributed by atoms with E-state index in [4.69, 9.17) is 9.84 Å². The second-order valence-electron chi connectivity index (χ2n) is 7.04. The molecule has 1 amide bonds. The Balaban J connectivity index is 1.70.